The van der Waals surface area contributed by atoms with Crippen molar-refractivity contribution in [2.24, 2.45) is 5.41 Å². The molecule has 1 aliphatic rings. The van der Waals surface area contributed by atoms with Crippen LogP contribution in [0.3, 0.4) is 0 Å². The first-order valence-electron chi connectivity index (χ1n) is 6.27. The Balaban J connectivity index is 2.37. The van der Waals surface area contributed by atoms with Crippen LogP contribution in [-0.2, 0) is 0 Å². The first-order valence-corrected chi connectivity index (χ1v) is 7.26. The normalized spacial score (nSPS) is 20.1. The van der Waals surface area contributed by atoms with Gasteiger partial charge in [0.2, 0.25) is 0 Å². The number of thioether (sulfide) groups is 1. The van der Waals surface area contributed by atoms with Gasteiger partial charge in [-0.3, -0.25) is 0 Å². The van der Waals surface area contributed by atoms with E-state index >= 15 is 0 Å². The van der Waals surface area contributed by atoms with E-state index in [0.29, 0.717) is 12.5 Å². The second-order valence-corrected chi connectivity index (χ2v) is 6.45. The van der Waals surface area contributed by atoms with Crippen molar-refractivity contribution in [3.63, 3.8) is 0 Å². The Morgan fingerprint density at radius 1 is 1.24 bits per heavy atom. The molecular formula is C12H22F3NS. The van der Waals surface area contributed by atoms with Crippen LogP contribution in [0.25, 0.3) is 0 Å². The van der Waals surface area contributed by atoms with Crippen LogP contribution < -0.4 is 5.32 Å². The summed E-state index contributed by atoms with van der Waals surface area (Å²) in [6.45, 7) is 5.02. The van der Waals surface area contributed by atoms with E-state index in [4.69, 9.17) is 0 Å². The molecule has 102 valence electrons. The van der Waals surface area contributed by atoms with E-state index in [-0.39, 0.29) is 22.9 Å². The Morgan fingerprint density at radius 2 is 1.82 bits per heavy atom. The lowest BCUT2D eigenvalue weighted by molar-refractivity contribution is -0.0329. The zero-order valence-electron chi connectivity index (χ0n) is 10.6. The first kappa shape index (κ1) is 15.2. The summed E-state index contributed by atoms with van der Waals surface area (Å²) in [6, 6.07) is 0.405. The van der Waals surface area contributed by atoms with Crippen molar-refractivity contribution in [3.05, 3.63) is 0 Å². The maximum Gasteiger partial charge on any atom is 0.441 e. The molecule has 1 aliphatic carbocycles. The quantitative estimate of drug-likeness (QED) is 0.776. The molecule has 0 spiro atoms. The number of hydrogen-bond donors (Lipinski definition) is 1. The Kier molecular flexibility index (Phi) is 5.64. The molecule has 0 radical (unpaired) electrons. The van der Waals surface area contributed by atoms with Gasteiger partial charge in [0.15, 0.2) is 0 Å². The lowest BCUT2D eigenvalue weighted by atomic mass is 9.83. The molecule has 1 rings (SSSR count). The van der Waals surface area contributed by atoms with Gasteiger partial charge in [-0.25, -0.2) is 0 Å². The number of halogens is 3. The lowest BCUT2D eigenvalue weighted by Crippen LogP contribution is -2.36. The van der Waals surface area contributed by atoms with Crippen molar-refractivity contribution in [2.75, 3.05) is 12.3 Å². The number of nitrogens with one attached hydrogen (secondary N) is 1. The number of rotatable bonds is 6. The fraction of sp³-hybridized carbons (Fsp3) is 1.00. The fourth-order valence-electron chi connectivity index (χ4n) is 2.44. The van der Waals surface area contributed by atoms with Gasteiger partial charge >= 0.3 is 5.51 Å². The van der Waals surface area contributed by atoms with Crippen LogP contribution in [0.2, 0.25) is 0 Å². The highest BCUT2D eigenvalue weighted by Gasteiger charge is 2.35. The van der Waals surface area contributed by atoms with Crippen LogP contribution in [0, 0.1) is 5.41 Å². The molecule has 0 aromatic rings. The molecular weight excluding hydrogens is 247 g/mol. The summed E-state index contributed by atoms with van der Waals surface area (Å²) in [4.78, 5) is 0. The molecule has 17 heavy (non-hydrogen) atoms. The molecule has 1 nitrogen and oxygen atoms in total. The lowest BCUT2D eigenvalue weighted by Gasteiger charge is -2.30. The van der Waals surface area contributed by atoms with E-state index in [1.165, 1.54) is 0 Å². The third kappa shape index (κ3) is 6.00. The van der Waals surface area contributed by atoms with Crippen molar-refractivity contribution < 1.29 is 13.2 Å². The Bertz CT molecular complexity index is 222. The SMILES string of the molecule is CC(C)NCC1(CCSC(F)(F)F)CCCC1. The molecule has 5 heteroatoms. The topological polar surface area (TPSA) is 12.0 Å². The van der Waals surface area contributed by atoms with Gasteiger partial charge in [-0.05, 0) is 24.7 Å². The largest absolute Gasteiger partial charge is 0.441 e. The van der Waals surface area contributed by atoms with Crippen molar-refractivity contribution in [3.8, 4) is 0 Å². The predicted molar refractivity (Wildman–Crippen MR) is 67.2 cm³/mol. The van der Waals surface area contributed by atoms with E-state index in [2.05, 4.69) is 19.2 Å². The molecule has 0 saturated heterocycles. The maximum atomic E-state index is 12.1. The predicted octanol–water partition coefficient (Wildman–Crippen LogP) is 4.19. The van der Waals surface area contributed by atoms with Gasteiger partial charge in [0.05, 0.1) is 0 Å². The van der Waals surface area contributed by atoms with Gasteiger partial charge in [-0.1, -0.05) is 38.5 Å². The molecule has 0 aromatic heterocycles. The zero-order valence-corrected chi connectivity index (χ0v) is 11.4. The minimum atomic E-state index is -4.08. The van der Waals surface area contributed by atoms with Crippen molar-refractivity contribution in [2.45, 2.75) is 57.5 Å². The minimum Gasteiger partial charge on any atom is -0.314 e. The number of alkyl halides is 3. The van der Waals surface area contributed by atoms with Crippen LogP contribution >= 0.6 is 11.8 Å². The molecule has 0 aliphatic heterocycles. The fourth-order valence-corrected chi connectivity index (χ4v) is 3.21. The molecule has 0 amide bonds. The van der Waals surface area contributed by atoms with Gasteiger partial charge in [0.25, 0.3) is 0 Å². The summed E-state index contributed by atoms with van der Waals surface area (Å²) in [7, 11) is 0. The average Bonchev–Trinajstić information content (AvgIpc) is 2.62. The molecule has 0 bridgehead atoms. The van der Waals surface area contributed by atoms with Crippen LogP contribution in [0.1, 0.15) is 46.0 Å². The van der Waals surface area contributed by atoms with Crippen molar-refractivity contribution >= 4 is 11.8 Å². The van der Waals surface area contributed by atoms with Crippen LogP contribution in [0.5, 0.6) is 0 Å². The molecule has 0 unspecified atom stereocenters. The van der Waals surface area contributed by atoms with E-state index < -0.39 is 5.51 Å². The minimum absolute atomic E-state index is 0.114. The summed E-state index contributed by atoms with van der Waals surface area (Å²) in [5, 5.41) is 3.39. The third-order valence-corrected chi connectivity index (χ3v) is 4.18. The first-order chi connectivity index (χ1) is 7.83. The Hall–Kier alpha value is 0.100. The van der Waals surface area contributed by atoms with E-state index in [1.54, 1.807) is 0 Å². The standard InChI is InChI=1S/C12H22F3NS/c1-10(2)16-9-11(5-3-4-6-11)7-8-17-12(13,14)15/h10,16H,3-9H2,1-2H3. The monoisotopic (exact) mass is 269 g/mol. The number of hydrogen-bond acceptors (Lipinski definition) is 2. The highest BCUT2D eigenvalue weighted by Crippen LogP contribution is 2.43. The highest BCUT2D eigenvalue weighted by atomic mass is 32.2. The van der Waals surface area contributed by atoms with Crippen molar-refractivity contribution in [1.82, 2.24) is 5.32 Å². The summed E-state index contributed by atoms with van der Waals surface area (Å²) in [6.07, 6.45) is 5.15. The van der Waals surface area contributed by atoms with E-state index in [1.807, 2.05) is 0 Å². The van der Waals surface area contributed by atoms with Crippen LogP contribution in [-0.4, -0.2) is 23.8 Å². The van der Waals surface area contributed by atoms with Crippen LogP contribution in [0.15, 0.2) is 0 Å². The van der Waals surface area contributed by atoms with Crippen molar-refractivity contribution in [1.29, 1.82) is 0 Å². The maximum absolute atomic E-state index is 12.1. The summed E-state index contributed by atoms with van der Waals surface area (Å²) in [5.41, 5.74) is -3.96. The zero-order chi connectivity index (χ0) is 12.9. The third-order valence-electron chi connectivity index (χ3n) is 3.45. The Morgan fingerprint density at radius 3 is 2.29 bits per heavy atom. The van der Waals surface area contributed by atoms with E-state index in [9.17, 15) is 13.2 Å². The van der Waals surface area contributed by atoms with Gasteiger partial charge < -0.3 is 5.32 Å². The summed E-state index contributed by atoms with van der Waals surface area (Å²) >= 11 is 0.125. The van der Waals surface area contributed by atoms with Gasteiger partial charge in [0.1, 0.15) is 0 Å². The molecule has 0 atom stereocenters. The van der Waals surface area contributed by atoms with Gasteiger partial charge in [0, 0.05) is 18.3 Å². The molecule has 1 fully saturated rings. The highest BCUT2D eigenvalue weighted by molar-refractivity contribution is 8.00. The molecule has 0 heterocycles. The second kappa shape index (κ2) is 6.32. The Labute approximate surface area is 106 Å². The summed E-state index contributed by atoms with van der Waals surface area (Å²) < 4.78 is 36.3. The summed E-state index contributed by atoms with van der Waals surface area (Å²) in [5.74, 6) is 0.198. The smallest absolute Gasteiger partial charge is 0.314 e. The molecule has 0 aromatic carbocycles. The van der Waals surface area contributed by atoms with Crippen LogP contribution in [0.4, 0.5) is 13.2 Å². The molecule has 1 saturated carbocycles. The van der Waals surface area contributed by atoms with Gasteiger partial charge in [-0.2, -0.15) is 13.2 Å². The average molecular weight is 269 g/mol. The van der Waals surface area contributed by atoms with E-state index in [0.717, 1.165) is 32.2 Å². The molecule has 1 N–H and O–H groups in total. The van der Waals surface area contributed by atoms with Gasteiger partial charge in [-0.15, -0.1) is 0 Å². The second-order valence-electron chi connectivity index (χ2n) is 5.29.